The highest BCUT2D eigenvalue weighted by Crippen LogP contribution is 2.39. The Labute approximate surface area is 177 Å². The molecular weight excluding hydrogens is 431 g/mol. The summed E-state index contributed by atoms with van der Waals surface area (Å²) in [6.07, 6.45) is 2.94. The summed E-state index contributed by atoms with van der Waals surface area (Å²) >= 11 is 1.37. The fourth-order valence-electron chi connectivity index (χ4n) is 3.74. The number of fused-ring (bicyclic) bond motifs is 1. The van der Waals surface area contributed by atoms with Crippen molar-refractivity contribution in [2.24, 2.45) is 0 Å². The molecule has 0 bridgehead atoms. The molecule has 30 heavy (non-hydrogen) atoms. The molecule has 1 saturated heterocycles. The third-order valence-electron chi connectivity index (χ3n) is 5.15. The molecule has 1 atom stereocenters. The van der Waals surface area contributed by atoms with E-state index < -0.39 is 27.6 Å². The Kier molecular flexibility index (Phi) is 5.79. The van der Waals surface area contributed by atoms with Gasteiger partial charge in [-0.15, -0.1) is 11.3 Å². The van der Waals surface area contributed by atoms with E-state index in [1.165, 1.54) is 35.6 Å². The molecule has 1 aliphatic carbocycles. The van der Waals surface area contributed by atoms with Crippen molar-refractivity contribution in [3.05, 3.63) is 46.1 Å². The van der Waals surface area contributed by atoms with Crippen molar-refractivity contribution in [1.82, 2.24) is 5.32 Å². The number of carbonyl (C=O) groups excluding carboxylic acids is 2. The maximum atomic E-state index is 13.0. The summed E-state index contributed by atoms with van der Waals surface area (Å²) in [7, 11) is -3.11. The smallest absolute Gasteiger partial charge is 0.262 e. The lowest BCUT2D eigenvalue weighted by Crippen LogP contribution is -2.36. The highest BCUT2D eigenvalue weighted by molar-refractivity contribution is 7.91. The van der Waals surface area contributed by atoms with E-state index in [2.05, 4.69) is 10.6 Å². The van der Waals surface area contributed by atoms with Crippen LogP contribution >= 0.6 is 11.3 Å². The van der Waals surface area contributed by atoms with Crippen LogP contribution in [0.3, 0.4) is 0 Å². The van der Waals surface area contributed by atoms with Gasteiger partial charge in [-0.2, -0.15) is 0 Å². The molecule has 1 aromatic heterocycles. The standard InChI is InChI=1S/C20H21FN2O5S2/c21-12-4-6-14(7-5-12)28-10-17(24)23-20-18(15-2-1-3-16(15)29-20)19(25)22-13-8-9-30(26,27)11-13/h4-7,13H,1-3,8-11H2,(H,22,25)(H,23,24). The van der Waals surface area contributed by atoms with Crippen LogP contribution < -0.4 is 15.4 Å². The third kappa shape index (κ3) is 4.65. The fraction of sp³-hybridized carbons (Fsp3) is 0.400. The molecule has 0 spiro atoms. The predicted molar refractivity (Wildman–Crippen MR) is 111 cm³/mol. The molecule has 2 N–H and O–H groups in total. The van der Waals surface area contributed by atoms with Crippen LogP contribution in [0.15, 0.2) is 24.3 Å². The van der Waals surface area contributed by atoms with E-state index in [0.717, 1.165) is 29.7 Å². The fourth-order valence-corrected chi connectivity index (χ4v) is 6.72. The number of rotatable bonds is 6. The Bertz CT molecular complexity index is 1080. The largest absolute Gasteiger partial charge is 0.484 e. The molecule has 2 heterocycles. The average Bonchev–Trinajstić information content (AvgIpc) is 3.35. The van der Waals surface area contributed by atoms with Crippen LogP contribution in [-0.2, 0) is 27.5 Å². The number of halogens is 1. The van der Waals surface area contributed by atoms with Crippen LogP contribution in [0.1, 0.15) is 33.6 Å². The van der Waals surface area contributed by atoms with E-state index in [9.17, 15) is 22.4 Å². The van der Waals surface area contributed by atoms with Gasteiger partial charge in [0.15, 0.2) is 16.4 Å². The maximum absolute atomic E-state index is 13.0. The summed E-state index contributed by atoms with van der Waals surface area (Å²) in [6.45, 7) is -0.282. The van der Waals surface area contributed by atoms with Crippen LogP contribution in [0.5, 0.6) is 5.75 Å². The molecular formula is C20H21FN2O5S2. The topological polar surface area (TPSA) is 102 Å². The van der Waals surface area contributed by atoms with E-state index in [1.807, 2.05) is 0 Å². The summed E-state index contributed by atoms with van der Waals surface area (Å²) in [6, 6.07) is 4.92. The van der Waals surface area contributed by atoms with Crippen molar-refractivity contribution in [2.75, 3.05) is 23.4 Å². The van der Waals surface area contributed by atoms with Gasteiger partial charge < -0.3 is 15.4 Å². The molecule has 2 aliphatic rings. The zero-order chi connectivity index (χ0) is 21.3. The Balaban J connectivity index is 1.45. The minimum absolute atomic E-state index is 0.0573. The molecule has 2 aromatic rings. The molecule has 1 aromatic carbocycles. The van der Waals surface area contributed by atoms with Crippen molar-refractivity contribution in [3.63, 3.8) is 0 Å². The Morgan fingerprint density at radius 1 is 1.20 bits per heavy atom. The molecule has 0 radical (unpaired) electrons. The highest BCUT2D eigenvalue weighted by atomic mass is 32.2. The van der Waals surface area contributed by atoms with Crippen LogP contribution in [0.25, 0.3) is 0 Å². The van der Waals surface area contributed by atoms with E-state index in [0.29, 0.717) is 22.7 Å². The van der Waals surface area contributed by atoms with Crippen LogP contribution in [0.2, 0.25) is 0 Å². The maximum Gasteiger partial charge on any atom is 0.262 e. The number of nitrogens with one attached hydrogen (secondary N) is 2. The number of ether oxygens (including phenoxy) is 1. The van der Waals surface area contributed by atoms with Crippen LogP contribution in [-0.4, -0.2) is 44.4 Å². The summed E-state index contributed by atoms with van der Waals surface area (Å²) < 4.78 is 41.7. The van der Waals surface area contributed by atoms with E-state index >= 15 is 0 Å². The van der Waals surface area contributed by atoms with Gasteiger partial charge in [-0.05, 0) is 55.5 Å². The Morgan fingerprint density at radius 3 is 2.67 bits per heavy atom. The number of amides is 2. The molecule has 1 aliphatic heterocycles. The summed E-state index contributed by atoms with van der Waals surface area (Å²) in [5.41, 5.74) is 1.35. The second kappa shape index (κ2) is 8.35. The van der Waals surface area contributed by atoms with Crippen molar-refractivity contribution in [2.45, 2.75) is 31.7 Å². The zero-order valence-electron chi connectivity index (χ0n) is 16.1. The number of aryl methyl sites for hydroxylation is 1. The van der Waals surface area contributed by atoms with Crippen molar-refractivity contribution in [1.29, 1.82) is 0 Å². The minimum atomic E-state index is -3.11. The van der Waals surface area contributed by atoms with E-state index in [4.69, 9.17) is 4.74 Å². The number of benzene rings is 1. The van der Waals surface area contributed by atoms with Crippen molar-refractivity contribution < 1.29 is 27.1 Å². The number of carbonyl (C=O) groups is 2. The molecule has 1 fully saturated rings. The number of hydrogen-bond acceptors (Lipinski definition) is 6. The van der Waals surface area contributed by atoms with Gasteiger partial charge in [-0.25, -0.2) is 12.8 Å². The normalized spacial score (nSPS) is 19.3. The molecule has 7 nitrogen and oxygen atoms in total. The summed E-state index contributed by atoms with van der Waals surface area (Å²) in [5, 5.41) is 6.01. The number of sulfone groups is 1. The lowest BCUT2D eigenvalue weighted by atomic mass is 10.1. The van der Waals surface area contributed by atoms with Crippen molar-refractivity contribution in [3.8, 4) is 5.75 Å². The van der Waals surface area contributed by atoms with Gasteiger partial charge in [0.05, 0.1) is 17.1 Å². The SMILES string of the molecule is O=C(COc1ccc(F)cc1)Nc1sc2c(c1C(=O)NC1CCS(=O)(=O)C1)CCC2. The first-order valence-corrected chi connectivity index (χ1v) is 12.3. The second-order valence-electron chi connectivity index (χ2n) is 7.43. The lowest BCUT2D eigenvalue weighted by molar-refractivity contribution is -0.118. The number of thiophene rings is 1. The van der Waals surface area contributed by atoms with Crippen LogP contribution in [0, 0.1) is 5.82 Å². The zero-order valence-corrected chi connectivity index (χ0v) is 17.7. The van der Waals surface area contributed by atoms with Gasteiger partial charge in [0.1, 0.15) is 16.6 Å². The van der Waals surface area contributed by atoms with E-state index in [1.54, 1.807) is 0 Å². The first-order chi connectivity index (χ1) is 14.3. The summed E-state index contributed by atoms with van der Waals surface area (Å²) in [5.74, 6) is -0.809. The van der Waals surface area contributed by atoms with Gasteiger partial charge >= 0.3 is 0 Å². The van der Waals surface area contributed by atoms with Crippen LogP contribution in [0.4, 0.5) is 9.39 Å². The third-order valence-corrected chi connectivity index (χ3v) is 8.13. The monoisotopic (exact) mass is 452 g/mol. The van der Waals surface area contributed by atoms with Gasteiger partial charge in [-0.1, -0.05) is 0 Å². The van der Waals surface area contributed by atoms with Gasteiger partial charge in [-0.3, -0.25) is 9.59 Å². The Morgan fingerprint density at radius 2 is 1.97 bits per heavy atom. The highest BCUT2D eigenvalue weighted by Gasteiger charge is 2.32. The Hall–Kier alpha value is -2.46. The lowest BCUT2D eigenvalue weighted by Gasteiger charge is -2.13. The molecule has 10 heteroatoms. The van der Waals surface area contributed by atoms with Crippen molar-refractivity contribution >= 4 is 38.0 Å². The van der Waals surface area contributed by atoms with E-state index in [-0.39, 0.29) is 24.0 Å². The van der Waals surface area contributed by atoms with Gasteiger partial charge in [0.25, 0.3) is 11.8 Å². The first-order valence-electron chi connectivity index (χ1n) is 9.65. The molecule has 1 unspecified atom stereocenters. The molecule has 160 valence electrons. The number of anilines is 1. The quantitative estimate of drug-likeness (QED) is 0.700. The summed E-state index contributed by atoms with van der Waals surface area (Å²) in [4.78, 5) is 26.4. The number of hydrogen-bond donors (Lipinski definition) is 2. The van der Waals surface area contributed by atoms with Gasteiger partial charge in [0, 0.05) is 10.9 Å². The molecule has 4 rings (SSSR count). The van der Waals surface area contributed by atoms with Gasteiger partial charge in [0.2, 0.25) is 0 Å². The average molecular weight is 453 g/mol. The minimum Gasteiger partial charge on any atom is -0.484 e. The molecule has 2 amide bonds. The predicted octanol–water partition coefficient (Wildman–Crippen LogP) is 2.31. The second-order valence-corrected chi connectivity index (χ2v) is 10.8. The molecule has 0 saturated carbocycles. The first kappa shape index (κ1) is 20.8.